The lowest BCUT2D eigenvalue weighted by molar-refractivity contribution is -0.129. The first-order valence-corrected chi connectivity index (χ1v) is 8.30. The molecule has 1 aliphatic heterocycles. The molecule has 1 aliphatic rings. The van der Waals surface area contributed by atoms with Gasteiger partial charge in [-0.25, -0.2) is 8.42 Å². The number of amides is 1. The van der Waals surface area contributed by atoms with Gasteiger partial charge in [-0.3, -0.25) is 4.79 Å². The van der Waals surface area contributed by atoms with Crippen LogP contribution in [-0.4, -0.2) is 49.7 Å². The minimum Gasteiger partial charge on any atom is -0.397 e. The van der Waals surface area contributed by atoms with Gasteiger partial charge in [0.1, 0.15) is 4.90 Å². The van der Waals surface area contributed by atoms with E-state index in [9.17, 15) is 13.2 Å². The Morgan fingerprint density at radius 3 is 2.14 bits per heavy atom. The third-order valence-corrected chi connectivity index (χ3v) is 6.00. The van der Waals surface area contributed by atoms with Gasteiger partial charge in [0.05, 0.1) is 5.69 Å². The van der Waals surface area contributed by atoms with Crippen molar-refractivity contribution in [2.75, 3.05) is 31.9 Å². The molecule has 1 fully saturated rings. The Balaban J connectivity index is 2.32. The third kappa shape index (κ3) is 2.89. The van der Waals surface area contributed by atoms with Crippen molar-refractivity contribution < 1.29 is 13.2 Å². The maximum absolute atomic E-state index is 12.8. The van der Waals surface area contributed by atoms with Crippen molar-refractivity contribution in [1.82, 2.24) is 9.21 Å². The van der Waals surface area contributed by atoms with Gasteiger partial charge >= 0.3 is 0 Å². The first kappa shape index (κ1) is 15.8. The lowest BCUT2D eigenvalue weighted by Gasteiger charge is -2.34. The van der Waals surface area contributed by atoms with E-state index in [2.05, 4.69) is 0 Å². The summed E-state index contributed by atoms with van der Waals surface area (Å²) in [6.45, 7) is 6.46. The number of nitrogens with zero attached hydrogens (tertiary/aromatic N) is 2. The van der Waals surface area contributed by atoms with Crippen LogP contribution in [0.25, 0.3) is 0 Å². The molecule has 1 amide bonds. The van der Waals surface area contributed by atoms with E-state index in [0.29, 0.717) is 37.4 Å². The molecule has 6 nitrogen and oxygen atoms in total. The maximum atomic E-state index is 12.8. The molecule has 1 heterocycles. The van der Waals surface area contributed by atoms with Gasteiger partial charge in [-0.1, -0.05) is 12.1 Å². The first-order chi connectivity index (χ1) is 9.75. The lowest BCUT2D eigenvalue weighted by atomic mass is 10.1. The Morgan fingerprint density at radius 1 is 1.10 bits per heavy atom. The molecular formula is C14H21N3O3S. The smallest absolute Gasteiger partial charge is 0.245 e. The quantitative estimate of drug-likeness (QED) is 0.817. The van der Waals surface area contributed by atoms with Crippen molar-refractivity contribution in [3.05, 3.63) is 23.3 Å². The summed E-state index contributed by atoms with van der Waals surface area (Å²) in [7, 11) is -3.62. The predicted molar refractivity (Wildman–Crippen MR) is 81.3 cm³/mol. The molecule has 1 aromatic carbocycles. The normalized spacial score (nSPS) is 17.0. The molecule has 2 N–H and O–H groups in total. The van der Waals surface area contributed by atoms with E-state index in [1.165, 1.54) is 11.2 Å². The highest BCUT2D eigenvalue weighted by atomic mass is 32.2. The number of hydrogen-bond donors (Lipinski definition) is 1. The molecule has 0 unspecified atom stereocenters. The zero-order valence-electron chi connectivity index (χ0n) is 12.6. The Bertz CT molecular complexity index is 662. The van der Waals surface area contributed by atoms with E-state index in [4.69, 9.17) is 5.73 Å². The van der Waals surface area contributed by atoms with Gasteiger partial charge in [-0.2, -0.15) is 4.31 Å². The number of sulfonamides is 1. The Kier molecular flexibility index (Phi) is 4.25. The van der Waals surface area contributed by atoms with Crippen LogP contribution in [0.15, 0.2) is 17.0 Å². The number of hydrogen-bond acceptors (Lipinski definition) is 4. The minimum atomic E-state index is -3.62. The number of nitrogens with two attached hydrogens (primary N) is 1. The van der Waals surface area contributed by atoms with Crippen molar-refractivity contribution >= 4 is 21.6 Å². The number of carbonyl (C=O) groups excluding carboxylic acids is 1. The van der Waals surface area contributed by atoms with Gasteiger partial charge in [0.25, 0.3) is 0 Å². The van der Waals surface area contributed by atoms with Crippen molar-refractivity contribution in [2.45, 2.75) is 25.7 Å². The molecule has 0 saturated carbocycles. The predicted octanol–water partition coefficient (Wildman–Crippen LogP) is 0.738. The van der Waals surface area contributed by atoms with Gasteiger partial charge in [0.15, 0.2) is 0 Å². The zero-order chi connectivity index (χ0) is 15.8. The molecule has 0 spiro atoms. The number of benzene rings is 1. The number of anilines is 1. The van der Waals surface area contributed by atoms with E-state index in [-0.39, 0.29) is 10.8 Å². The summed E-state index contributed by atoms with van der Waals surface area (Å²) in [6.07, 6.45) is 0. The highest BCUT2D eigenvalue weighted by molar-refractivity contribution is 7.89. The second-order valence-electron chi connectivity index (χ2n) is 5.35. The van der Waals surface area contributed by atoms with E-state index in [0.717, 1.165) is 5.56 Å². The van der Waals surface area contributed by atoms with E-state index >= 15 is 0 Å². The molecule has 0 bridgehead atoms. The topological polar surface area (TPSA) is 83.7 Å². The molecule has 1 saturated heterocycles. The summed E-state index contributed by atoms with van der Waals surface area (Å²) >= 11 is 0. The zero-order valence-corrected chi connectivity index (χ0v) is 13.4. The largest absolute Gasteiger partial charge is 0.397 e. The molecule has 0 aliphatic carbocycles. The van der Waals surface area contributed by atoms with Crippen molar-refractivity contribution in [3.8, 4) is 0 Å². The van der Waals surface area contributed by atoms with Gasteiger partial charge in [-0.05, 0) is 25.0 Å². The summed E-state index contributed by atoms with van der Waals surface area (Å²) in [6, 6.07) is 3.59. The number of carbonyl (C=O) groups is 1. The Hall–Kier alpha value is -1.60. The molecule has 116 valence electrons. The highest BCUT2D eigenvalue weighted by Crippen LogP contribution is 2.29. The number of piperazine rings is 1. The number of nitrogen functional groups attached to an aromatic ring is 1. The fourth-order valence-corrected chi connectivity index (χ4v) is 4.34. The summed E-state index contributed by atoms with van der Waals surface area (Å²) in [5, 5.41) is 0. The standard InChI is InChI=1S/C14H21N3O3S/c1-10-4-5-11(2)14(13(10)15)21(19,20)17-8-6-16(7-9-17)12(3)18/h4-5H,6-9,15H2,1-3H3. The molecule has 0 radical (unpaired) electrons. The van der Waals surface area contributed by atoms with Gasteiger partial charge < -0.3 is 10.6 Å². The van der Waals surface area contributed by atoms with Crippen LogP contribution in [0.3, 0.4) is 0 Å². The Morgan fingerprint density at radius 2 is 1.62 bits per heavy atom. The molecule has 0 atom stereocenters. The average molecular weight is 311 g/mol. The minimum absolute atomic E-state index is 0.0294. The van der Waals surface area contributed by atoms with Crippen LogP contribution in [0.1, 0.15) is 18.1 Å². The van der Waals surface area contributed by atoms with Gasteiger partial charge in [-0.15, -0.1) is 0 Å². The summed E-state index contributed by atoms with van der Waals surface area (Å²) < 4.78 is 27.0. The van der Waals surface area contributed by atoms with E-state index in [1.54, 1.807) is 24.8 Å². The van der Waals surface area contributed by atoms with Crippen LogP contribution >= 0.6 is 0 Å². The van der Waals surface area contributed by atoms with Gasteiger partial charge in [0.2, 0.25) is 15.9 Å². The van der Waals surface area contributed by atoms with Crippen molar-refractivity contribution in [2.24, 2.45) is 0 Å². The SMILES string of the molecule is CC(=O)N1CCN(S(=O)(=O)c2c(C)ccc(C)c2N)CC1. The van der Waals surface area contributed by atoms with Crippen molar-refractivity contribution in [1.29, 1.82) is 0 Å². The van der Waals surface area contributed by atoms with Crippen molar-refractivity contribution in [3.63, 3.8) is 0 Å². The van der Waals surface area contributed by atoms with Crippen LogP contribution in [0.2, 0.25) is 0 Å². The number of aryl methyl sites for hydroxylation is 2. The summed E-state index contributed by atoms with van der Waals surface area (Å²) in [5.41, 5.74) is 7.69. The van der Waals surface area contributed by atoms with Crippen LogP contribution in [0.4, 0.5) is 5.69 Å². The van der Waals surface area contributed by atoms with Crippen LogP contribution in [0, 0.1) is 13.8 Å². The maximum Gasteiger partial charge on any atom is 0.245 e. The molecule has 2 rings (SSSR count). The third-order valence-electron chi connectivity index (χ3n) is 3.89. The van der Waals surface area contributed by atoms with Crippen LogP contribution in [-0.2, 0) is 14.8 Å². The lowest BCUT2D eigenvalue weighted by Crippen LogP contribution is -2.50. The second-order valence-corrected chi connectivity index (χ2v) is 7.23. The molecule has 21 heavy (non-hydrogen) atoms. The average Bonchev–Trinajstić information content (AvgIpc) is 2.43. The second kappa shape index (κ2) is 5.65. The number of rotatable bonds is 2. The van der Waals surface area contributed by atoms with E-state index < -0.39 is 10.0 Å². The van der Waals surface area contributed by atoms with Gasteiger partial charge in [0, 0.05) is 33.1 Å². The van der Waals surface area contributed by atoms with Crippen LogP contribution in [0.5, 0.6) is 0 Å². The summed E-state index contributed by atoms with van der Waals surface area (Å²) in [4.78, 5) is 13.2. The molecule has 1 aromatic rings. The fourth-order valence-electron chi connectivity index (χ4n) is 2.52. The van der Waals surface area contributed by atoms with Crippen LogP contribution < -0.4 is 5.73 Å². The highest BCUT2D eigenvalue weighted by Gasteiger charge is 2.32. The summed E-state index contributed by atoms with van der Waals surface area (Å²) in [5.74, 6) is -0.0294. The monoisotopic (exact) mass is 311 g/mol. The fraction of sp³-hybridized carbons (Fsp3) is 0.500. The molecule has 7 heteroatoms. The van der Waals surface area contributed by atoms with E-state index in [1.807, 2.05) is 6.07 Å². The first-order valence-electron chi connectivity index (χ1n) is 6.86. The Labute approximate surface area is 125 Å². The molecular weight excluding hydrogens is 290 g/mol. The molecule has 0 aromatic heterocycles.